The van der Waals surface area contributed by atoms with Crippen LogP contribution in [-0.4, -0.2) is 23.0 Å². The maximum absolute atomic E-state index is 13.3. The van der Waals surface area contributed by atoms with Crippen LogP contribution in [0.4, 0.5) is 10.1 Å². The van der Waals surface area contributed by atoms with Crippen LogP contribution in [-0.2, 0) is 4.74 Å². The number of ether oxygens (including phenoxy) is 1. The number of halogens is 1. The molecule has 1 aromatic heterocycles. The summed E-state index contributed by atoms with van der Waals surface area (Å²) in [5.74, 6) is -0.424. The zero-order valence-electron chi connectivity index (χ0n) is 7.24. The van der Waals surface area contributed by atoms with E-state index >= 15 is 0 Å². The van der Waals surface area contributed by atoms with Crippen molar-refractivity contribution < 1.29 is 9.13 Å². The second kappa shape index (κ2) is 3.33. The summed E-state index contributed by atoms with van der Waals surface area (Å²) < 4.78 is 19.8. The molecule has 0 spiro atoms. The molecular formula is C8H12FN3O. The molecule has 1 fully saturated rings. The summed E-state index contributed by atoms with van der Waals surface area (Å²) in [6.07, 6.45) is 2.96. The number of hydrogen-bond acceptors (Lipinski definition) is 3. The van der Waals surface area contributed by atoms with Crippen LogP contribution in [0.3, 0.4) is 0 Å². The van der Waals surface area contributed by atoms with E-state index in [4.69, 9.17) is 10.5 Å². The molecule has 1 saturated heterocycles. The molecule has 0 saturated carbocycles. The van der Waals surface area contributed by atoms with Gasteiger partial charge in [0.05, 0.1) is 12.2 Å². The van der Waals surface area contributed by atoms with Crippen LogP contribution in [0.15, 0.2) is 6.20 Å². The SMILES string of the molecule is Nc1cnn(C2CCOCC2)c1F. The lowest BCUT2D eigenvalue weighted by Crippen LogP contribution is -2.21. The Morgan fingerprint density at radius 2 is 2.23 bits per heavy atom. The minimum atomic E-state index is -0.424. The molecule has 1 aliphatic heterocycles. The van der Waals surface area contributed by atoms with Gasteiger partial charge in [-0.05, 0) is 12.8 Å². The number of nitrogen functional groups attached to an aromatic ring is 1. The van der Waals surface area contributed by atoms with E-state index in [1.54, 1.807) is 0 Å². The average molecular weight is 185 g/mol. The van der Waals surface area contributed by atoms with Gasteiger partial charge in [-0.3, -0.25) is 0 Å². The smallest absolute Gasteiger partial charge is 0.234 e. The van der Waals surface area contributed by atoms with Crippen LogP contribution in [0.25, 0.3) is 0 Å². The fourth-order valence-corrected chi connectivity index (χ4v) is 1.54. The quantitative estimate of drug-likeness (QED) is 0.708. The summed E-state index contributed by atoms with van der Waals surface area (Å²) in [4.78, 5) is 0. The van der Waals surface area contributed by atoms with Crippen LogP contribution in [0.5, 0.6) is 0 Å². The number of rotatable bonds is 1. The van der Waals surface area contributed by atoms with Gasteiger partial charge in [0.15, 0.2) is 0 Å². The number of aromatic nitrogens is 2. The van der Waals surface area contributed by atoms with Gasteiger partial charge < -0.3 is 10.5 Å². The van der Waals surface area contributed by atoms with E-state index in [1.807, 2.05) is 0 Å². The monoisotopic (exact) mass is 185 g/mol. The highest BCUT2D eigenvalue weighted by atomic mass is 19.1. The van der Waals surface area contributed by atoms with Gasteiger partial charge in [-0.15, -0.1) is 0 Å². The molecular weight excluding hydrogens is 173 g/mol. The van der Waals surface area contributed by atoms with Crippen molar-refractivity contribution in [2.24, 2.45) is 0 Å². The fourth-order valence-electron chi connectivity index (χ4n) is 1.54. The normalized spacial score (nSPS) is 19.2. The Balaban J connectivity index is 2.18. The predicted molar refractivity (Wildman–Crippen MR) is 45.7 cm³/mol. The molecule has 0 bridgehead atoms. The van der Waals surface area contributed by atoms with Crippen LogP contribution in [0.1, 0.15) is 18.9 Å². The van der Waals surface area contributed by atoms with Crippen molar-refractivity contribution >= 4 is 5.69 Å². The molecule has 0 amide bonds. The minimum Gasteiger partial charge on any atom is -0.394 e. The van der Waals surface area contributed by atoms with Crippen molar-refractivity contribution in [3.05, 3.63) is 12.1 Å². The third kappa shape index (κ3) is 1.51. The molecule has 2 N–H and O–H groups in total. The highest BCUT2D eigenvalue weighted by Gasteiger charge is 2.20. The maximum atomic E-state index is 13.3. The van der Waals surface area contributed by atoms with Gasteiger partial charge in [0.1, 0.15) is 5.69 Å². The number of nitrogens with zero attached hydrogens (tertiary/aromatic N) is 2. The summed E-state index contributed by atoms with van der Waals surface area (Å²) >= 11 is 0. The molecule has 2 rings (SSSR count). The molecule has 0 radical (unpaired) electrons. The molecule has 0 aromatic carbocycles. The van der Waals surface area contributed by atoms with E-state index < -0.39 is 5.95 Å². The Morgan fingerprint density at radius 3 is 2.77 bits per heavy atom. The average Bonchev–Trinajstić information content (AvgIpc) is 2.49. The van der Waals surface area contributed by atoms with Crippen molar-refractivity contribution in [1.29, 1.82) is 0 Å². The Kier molecular flexibility index (Phi) is 2.18. The fraction of sp³-hybridized carbons (Fsp3) is 0.625. The summed E-state index contributed by atoms with van der Waals surface area (Å²) in [5.41, 5.74) is 5.47. The van der Waals surface area contributed by atoms with Crippen molar-refractivity contribution in [1.82, 2.24) is 9.78 Å². The minimum absolute atomic E-state index is 0.103. The summed E-state index contributed by atoms with van der Waals surface area (Å²) in [7, 11) is 0. The molecule has 1 aliphatic rings. The Morgan fingerprint density at radius 1 is 1.54 bits per heavy atom. The summed E-state index contributed by atoms with van der Waals surface area (Å²) in [6.45, 7) is 1.34. The van der Waals surface area contributed by atoms with Gasteiger partial charge in [-0.25, -0.2) is 4.68 Å². The number of hydrogen-bond donors (Lipinski definition) is 1. The van der Waals surface area contributed by atoms with Crippen molar-refractivity contribution in [3.8, 4) is 0 Å². The highest BCUT2D eigenvalue weighted by Crippen LogP contribution is 2.23. The zero-order valence-corrected chi connectivity index (χ0v) is 7.24. The molecule has 0 aliphatic carbocycles. The topological polar surface area (TPSA) is 53.1 Å². The van der Waals surface area contributed by atoms with Gasteiger partial charge in [-0.1, -0.05) is 0 Å². The lowest BCUT2D eigenvalue weighted by Gasteiger charge is -2.22. The van der Waals surface area contributed by atoms with Crippen molar-refractivity contribution in [2.45, 2.75) is 18.9 Å². The van der Waals surface area contributed by atoms with E-state index in [9.17, 15) is 4.39 Å². The van der Waals surface area contributed by atoms with E-state index in [1.165, 1.54) is 10.9 Å². The number of anilines is 1. The van der Waals surface area contributed by atoms with Crippen molar-refractivity contribution in [3.63, 3.8) is 0 Å². The van der Waals surface area contributed by atoms with Crippen LogP contribution >= 0.6 is 0 Å². The zero-order chi connectivity index (χ0) is 9.26. The van der Waals surface area contributed by atoms with E-state index in [0.29, 0.717) is 13.2 Å². The molecule has 72 valence electrons. The first-order valence-electron chi connectivity index (χ1n) is 4.35. The third-order valence-corrected chi connectivity index (χ3v) is 2.30. The van der Waals surface area contributed by atoms with Gasteiger partial charge in [0.2, 0.25) is 5.95 Å². The Labute approximate surface area is 75.5 Å². The standard InChI is InChI=1S/C8H12FN3O/c9-8-7(10)5-11-12(8)6-1-3-13-4-2-6/h5-6H,1-4,10H2. The summed E-state index contributed by atoms with van der Waals surface area (Å²) in [5, 5.41) is 3.90. The molecule has 1 aromatic rings. The molecule has 13 heavy (non-hydrogen) atoms. The third-order valence-electron chi connectivity index (χ3n) is 2.30. The molecule has 0 atom stereocenters. The lowest BCUT2D eigenvalue weighted by atomic mass is 10.1. The second-order valence-electron chi connectivity index (χ2n) is 3.18. The van der Waals surface area contributed by atoms with E-state index in [0.717, 1.165) is 12.8 Å². The molecule has 2 heterocycles. The van der Waals surface area contributed by atoms with E-state index in [-0.39, 0.29) is 11.7 Å². The Hall–Kier alpha value is -1.10. The molecule has 5 heteroatoms. The Bertz CT molecular complexity index is 294. The lowest BCUT2D eigenvalue weighted by molar-refractivity contribution is 0.0628. The van der Waals surface area contributed by atoms with Gasteiger partial charge in [-0.2, -0.15) is 9.49 Å². The largest absolute Gasteiger partial charge is 0.394 e. The highest BCUT2D eigenvalue weighted by molar-refractivity contribution is 5.32. The molecule has 4 nitrogen and oxygen atoms in total. The van der Waals surface area contributed by atoms with Crippen molar-refractivity contribution in [2.75, 3.05) is 18.9 Å². The van der Waals surface area contributed by atoms with Gasteiger partial charge >= 0.3 is 0 Å². The van der Waals surface area contributed by atoms with Gasteiger partial charge in [0.25, 0.3) is 0 Å². The maximum Gasteiger partial charge on any atom is 0.234 e. The first kappa shape index (κ1) is 8.50. The van der Waals surface area contributed by atoms with Gasteiger partial charge in [0, 0.05) is 13.2 Å². The number of nitrogens with two attached hydrogens (primary N) is 1. The van der Waals surface area contributed by atoms with E-state index in [2.05, 4.69) is 5.10 Å². The van der Waals surface area contributed by atoms with Crippen LogP contribution < -0.4 is 5.73 Å². The molecule has 0 unspecified atom stereocenters. The van der Waals surface area contributed by atoms with Crippen LogP contribution in [0.2, 0.25) is 0 Å². The summed E-state index contributed by atoms with van der Waals surface area (Å²) in [6, 6.07) is 0.103. The van der Waals surface area contributed by atoms with Crippen LogP contribution in [0, 0.1) is 5.95 Å². The second-order valence-corrected chi connectivity index (χ2v) is 3.18. The first-order chi connectivity index (χ1) is 6.29. The predicted octanol–water partition coefficient (Wildman–Crippen LogP) is 0.956. The first-order valence-corrected chi connectivity index (χ1v) is 4.35.